The molecule has 1 aromatic heterocycles. The van der Waals surface area contributed by atoms with E-state index in [0.717, 1.165) is 0 Å². The van der Waals surface area contributed by atoms with Gasteiger partial charge in [-0.3, -0.25) is 4.79 Å². The maximum atomic E-state index is 12.2. The Bertz CT molecular complexity index is 380. The summed E-state index contributed by atoms with van der Waals surface area (Å²) in [4.78, 5) is 13.6. The molecule has 1 rings (SSSR count). The summed E-state index contributed by atoms with van der Waals surface area (Å²) in [7, 11) is 0. The molecule has 1 N–H and O–H groups in total. The quantitative estimate of drug-likeness (QED) is 0.808. The summed E-state index contributed by atoms with van der Waals surface area (Å²) >= 11 is 0. The Hall–Kier alpha value is -1.73. The molecule has 1 aromatic rings. The van der Waals surface area contributed by atoms with Gasteiger partial charge < -0.3 is 5.11 Å². The summed E-state index contributed by atoms with van der Waals surface area (Å²) in [6, 6.07) is 0. The lowest BCUT2D eigenvalue weighted by molar-refractivity contribution is -0.143. The molecule has 0 amide bonds. The third kappa shape index (κ3) is 2.61. The van der Waals surface area contributed by atoms with E-state index in [1.54, 1.807) is 0 Å². The lowest BCUT2D eigenvalue weighted by Crippen LogP contribution is -2.16. The van der Waals surface area contributed by atoms with E-state index in [1.165, 1.54) is 6.92 Å². The molecule has 0 radical (unpaired) electrons. The number of nitrogens with zero attached hydrogens (tertiary/aromatic N) is 3. The average molecular weight is 221 g/mol. The van der Waals surface area contributed by atoms with E-state index in [4.69, 9.17) is 5.11 Å². The van der Waals surface area contributed by atoms with E-state index in [2.05, 4.69) is 15.2 Å². The fourth-order valence-electron chi connectivity index (χ4n) is 0.748. The molecule has 15 heavy (non-hydrogen) atoms. The van der Waals surface area contributed by atoms with E-state index < -0.39 is 29.6 Å². The minimum absolute atomic E-state index is 0.443. The van der Waals surface area contributed by atoms with Gasteiger partial charge in [0, 0.05) is 0 Å². The standard InChI is InChI=1S/C7H6F3N3O2/c1-3(6(14)15)5-12-4(2-11-13-5)7(8,9)10/h2-3H,1H3,(H,14,15). The van der Waals surface area contributed by atoms with Gasteiger partial charge in [0.1, 0.15) is 5.92 Å². The summed E-state index contributed by atoms with van der Waals surface area (Å²) in [5.41, 5.74) is -1.25. The number of halogens is 3. The van der Waals surface area contributed by atoms with Gasteiger partial charge in [-0.1, -0.05) is 0 Å². The third-order valence-electron chi connectivity index (χ3n) is 1.62. The number of rotatable bonds is 2. The molecule has 82 valence electrons. The van der Waals surface area contributed by atoms with Crippen LogP contribution in [0.2, 0.25) is 0 Å². The van der Waals surface area contributed by atoms with Crippen molar-refractivity contribution in [2.75, 3.05) is 0 Å². The first kappa shape index (κ1) is 11.3. The third-order valence-corrected chi connectivity index (χ3v) is 1.62. The van der Waals surface area contributed by atoms with Gasteiger partial charge in [-0.25, -0.2) is 4.98 Å². The summed E-state index contributed by atoms with van der Waals surface area (Å²) in [6.07, 6.45) is -4.21. The van der Waals surface area contributed by atoms with Gasteiger partial charge in [0.05, 0.1) is 6.20 Å². The zero-order chi connectivity index (χ0) is 11.6. The monoisotopic (exact) mass is 221 g/mol. The van der Waals surface area contributed by atoms with Gasteiger partial charge in [-0.05, 0) is 6.92 Å². The number of aliphatic carboxylic acids is 1. The van der Waals surface area contributed by atoms with Gasteiger partial charge in [-0.2, -0.15) is 18.3 Å². The molecule has 0 aromatic carbocycles. The number of hydrogen-bond donors (Lipinski definition) is 1. The van der Waals surface area contributed by atoms with Crippen LogP contribution in [0.5, 0.6) is 0 Å². The predicted molar refractivity (Wildman–Crippen MR) is 40.9 cm³/mol. The lowest BCUT2D eigenvalue weighted by Gasteiger charge is -2.07. The molecule has 1 atom stereocenters. The van der Waals surface area contributed by atoms with Crippen LogP contribution >= 0.6 is 0 Å². The molecule has 0 spiro atoms. The number of aromatic nitrogens is 3. The van der Waals surface area contributed by atoms with Crippen molar-refractivity contribution in [3.8, 4) is 0 Å². The first-order valence-electron chi connectivity index (χ1n) is 3.82. The van der Waals surface area contributed by atoms with E-state index in [9.17, 15) is 18.0 Å². The van der Waals surface area contributed by atoms with E-state index in [1.807, 2.05) is 0 Å². The van der Waals surface area contributed by atoms with Gasteiger partial charge in [0.2, 0.25) is 0 Å². The second-order valence-electron chi connectivity index (χ2n) is 2.76. The zero-order valence-electron chi connectivity index (χ0n) is 7.49. The molecule has 0 saturated carbocycles. The normalized spacial score (nSPS) is 13.6. The summed E-state index contributed by atoms with van der Waals surface area (Å²) in [6.45, 7) is 1.18. The molecule has 1 unspecified atom stereocenters. The van der Waals surface area contributed by atoms with Crippen molar-refractivity contribution in [1.29, 1.82) is 0 Å². The van der Waals surface area contributed by atoms with Crippen LogP contribution in [0.1, 0.15) is 24.4 Å². The SMILES string of the molecule is CC(C(=O)O)c1nncc(C(F)(F)F)n1. The average Bonchev–Trinajstić information content (AvgIpc) is 2.15. The maximum Gasteiger partial charge on any atom is 0.435 e. The molecule has 0 aliphatic heterocycles. The maximum absolute atomic E-state index is 12.2. The largest absolute Gasteiger partial charge is 0.481 e. The van der Waals surface area contributed by atoms with Crippen LogP contribution in [0.25, 0.3) is 0 Å². The van der Waals surface area contributed by atoms with E-state index in [-0.39, 0.29) is 0 Å². The minimum Gasteiger partial charge on any atom is -0.481 e. The number of hydrogen-bond acceptors (Lipinski definition) is 4. The first-order valence-corrected chi connectivity index (χ1v) is 3.82. The molecule has 1 heterocycles. The Morgan fingerprint density at radius 1 is 1.53 bits per heavy atom. The van der Waals surface area contributed by atoms with Crippen molar-refractivity contribution in [1.82, 2.24) is 15.2 Å². The van der Waals surface area contributed by atoms with Gasteiger partial charge in [-0.15, -0.1) is 5.10 Å². The fourth-order valence-corrected chi connectivity index (χ4v) is 0.748. The number of carbonyl (C=O) groups is 1. The van der Waals surface area contributed by atoms with Crippen molar-refractivity contribution < 1.29 is 23.1 Å². The van der Waals surface area contributed by atoms with Crippen LogP contribution in [0.15, 0.2) is 6.20 Å². The van der Waals surface area contributed by atoms with Crippen molar-refractivity contribution in [3.63, 3.8) is 0 Å². The van der Waals surface area contributed by atoms with Crippen LogP contribution < -0.4 is 0 Å². The molecule has 8 heteroatoms. The molecular weight excluding hydrogens is 215 g/mol. The smallest absolute Gasteiger partial charge is 0.435 e. The van der Waals surface area contributed by atoms with E-state index >= 15 is 0 Å². The van der Waals surface area contributed by atoms with Crippen molar-refractivity contribution in [3.05, 3.63) is 17.7 Å². The number of carboxylic acid groups (broad SMARTS) is 1. The van der Waals surface area contributed by atoms with Crippen LogP contribution in [0, 0.1) is 0 Å². The lowest BCUT2D eigenvalue weighted by atomic mass is 10.2. The molecule has 0 saturated heterocycles. The molecule has 0 aliphatic rings. The van der Waals surface area contributed by atoms with Crippen molar-refractivity contribution >= 4 is 5.97 Å². The number of carboxylic acids is 1. The van der Waals surface area contributed by atoms with Crippen LogP contribution in [-0.2, 0) is 11.0 Å². The second kappa shape index (κ2) is 3.79. The predicted octanol–water partition coefficient (Wildman–Crippen LogP) is 1.08. The van der Waals surface area contributed by atoms with Crippen LogP contribution in [-0.4, -0.2) is 26.3 Å². The van der Waals surface area contributed by atoms with Crippen molar-refractivity contribution in [2.24, 2.45) is 0 Å². The Balaban J connectivity index is 3.08. The highest BCUT2D eigenvalue weighted by Gasteiger charge is 2.34. The zero-order valence-corrected chi connectivity index (χ0v) is 7.49. The van der Waals surface area contributed by atoms with Gasteiger partial charge in [0.15, 0.2) is 11.5 Å². The summed E-state index contributed by atoms with van der Waals surface area (Å²) in [5, 5.41) is 14.8. The second-order valence-corrected chi connectivity index (χ2v) is 2.76. The summed E-state index contributed by atoms with van der Waals surface area (Å²) in [5.74, 6) is -2.99. The van der Waals surface area contributed by atoms with Crippen LogP contribution in [0.3, 0.4) is 0 Å². The van der Waals surface area contributed by atoms with Crippen LogP contribution in [0.4, 0.5) is 13.2 Å². The Morgan fingerprint density at radius 2 is 2.13 bits per heavy atom. The topological polar surface area (TPSA) is 76.0 Å². The highest BCUT2D eigenvalue weighted by atomic mass is 19.4. The highest BCUT2D eigenvalue weighted by Crippen LogP contribution is 2.27. The Labute approximate surface area is 82.0 Å². The molecule has 0 aliphatic carbocycles. The summed E-state index contributed by atoms with van der Waals surface area (Å²) < 4.78 is 36.5. The molecule has 5 nitrogen and oxygen atoms in total. The van der Waals surface area contributed by atoms with E-state index in [0.29, 0.717) is 6.20 Å². The van der Waals surface area contributed by atoms with Crippen molar-refractivity contribution in [2.45, 2.75) is 19.0 Å². The number of alkyl halides is 3. The fraction of sp³-hybridized carbons (Fsp3) is 0.429. The highest BCUT2D eigenvalue weighted by molar-refractivity contribution is 5.74. The van der Waals surface area contributed by atoms with Gasteiger partial charge >= 0.3 is 12.1 Å². The Kier molecular flexibility index (Phi) is 2.87. The minimum atomic E-state index is -4.65. The molecule has 0 fully saturated rings. The first-order chi connectivity index (χ1) is 6.82. The van der Waals surface area contributed by atoms with Gasteiger partial charge in [0.25, 0.3) is 0 Å². The Morgan fingerprint density at radius 3 is 2.60 bits per heavy atom. The molecule has 0 bridgehead atoms. The molecular formula is C7H6F3N3O2.